The van der Waals surface area contributed by atoms with Crippen LogP contribution in [0.2, 0.25) is 0 Å². The molecule has 0 N–H and O–H groups in total. The van der Waals surface area contributed by atoms with Crippen LogP contribution in [0, 0.1) is 0 Å². The molecule has 0 amide bonds. The molecule has 1 rings (SSSR count). The summed E-state index contributed by atoms with van der Waals surface area (Å²) < 4.78 is 33.2. The molecule has 0 aromatic heterocycles. The Morgan fingerprint density at radius 1 is 1.41 bits per heavy atom. The van der Waals surface area contributed by atoms with E-state index in [4.69, 9.17) is 4.74 Å². The predicted molar refractivity (Wildman–Crippen MR) is 70.3 cm³/mol. The van der Waals surface area contributed by atoms with E-state index in [1.165, 1.54) is 13.2 Å². The largest absolute Gasteiger partial charge is 0.496 e. The van der Waals surface area contributed by atoms with Gasteiger partial charge in [-0.25, -0.2) is 0 Å². The summed E-state index contributed by atoms with van der Waals surface area (Å²) in [5.74, 6) is 0.594. The van der Waals surface area contributed by atoms with Gasteiger partial charge in [0.05, 0.1) is 19.1 Å². The van der Waals surface area contributed by atoms with Gasteiger partial charge in [0.25, 0.3) is 10.1 Å². The summed E-state index contributed by atoms with van der Waals surface area (Å²) in [6.45, 7) is 1.73. The van der Waals surface area contributed by atoms with Crippen LogP contribution in [0.25, 0.3) is 6.08 Å². The lowest BCUT2D eigenvalue weighted by Gasteiger charge is -2.04. The van der Waals surface area contributed by atoms with Crippen molar-refractivity contribution in [2.24, 2.45) is 0 Å². The Labute approximate surface area is 109 Å². The van der Waals surface area contributed by atoms with Gasteiger partial charge in [0.1, 0.15) is 5.75 Å². The van der Waals surface area contributed by atoms with Crippen molar-refractivity contribution >= 4 is 32.1 Å². The van der Waals surface area contributed by atoms with Gasteiger partial charge < -0.3 is 4.74 Å². The zero-order valence-electron chi connectivity index (χ0n) is 9.51. The summed E-state index contributed by atoms with van der Waals surface area (Å²) in [5.41, 5.74) is 0.658. The third kappa shape index (κ3) is 4.49. The van der Waals surface area contributed by atoms with E-state index < -0.39 is 10.1 Å². The molecule has 17 heavy (non-hydrogen) atoms. The highest BCUT2D eigenvalue weighted by molar-refractivity contribution is 9.10. The van der Waals surface area contributed by atoms with E-state index in [1.54, 1.807) is 19.1 Å². The van der Waals surface area contributed by atoms with Crippen molar-refractivity contribution < 1.29 is 17.3 Å². The number of benzene rings is 1. The number of rotatable bonds is 5. The molecule has 0 heterocycles. The Bertz CT molecular complexity index is 508. The monoisotopic (exact) mass is 320 g/mol. The van der Waals surface area contributed by atoms with Crippen LogP contribution in [-0.2, 0) is 14.3 Å². The maximum Gasteiger partial charge on any atom is 0.290 e. The summed E-state index contributed by atoms with van der Waals surface area (Å²) >= 11 is 3.31. The van der Waals surface area contributed by atoms with Gasteiger partial charge >= 0.3 is 0 Å². The second-order valence-corrected chi connectivity index (χ2v) is 5.50. The molecule has 0 atom stereocenters. The van der Waals surface area contributed by atoms with Gasteiger partial charge in [-0.1, -0.05) is 15.9 Å². The molecule has 1 aromatic carbocycles. The number of hydrogen-bond donors (Lipinski definition) is 0. The average Bonchev–Trinajstić information content (AvgIpc) is 2.27. The van der Waals surface area contributed by atoms with Crippen LogP contribution in [0.1, 0.15) is 12.5 Å². The molecule has 0 bridgehead atoms. The molecule has 0 saturated carbocycles. The minimum Gasteiger partial charge on any atom is -0.496 e. The summed E-state index contributed by atoms with van der Waals surface area (Å²) in [4.78, 5) is 0. The first kappa shape index (κ1) is 14.2. The lowest BCUT2D eigenvalue weighted by molar-refractivity contribution is 0.345. The first-order valence-electron chi connectivity index (χ1n) is 4.89. The molecule has 0 aliphatic heterocycles. The maximum atomic E-state index is 11.3. The van der Waals surface area contributed by atoms with Gasteiger partial charge in [0, 0.05) is 10.0 Å². The van der Waals surface area contributed by atoms with Crippen molar-refractivity contribution in [3.63, 3.8) is 0 Å². The molecule has 0 aliphatic rings. The quantitative estimate of drug-likeness (QED) is 0.783. The Hall–Kier alpha value is -0.850. The van der Waals surface area contributed by atoms with E-state index in [0.717, 1.165) is 9.88 Å². The first-order chi connectivity index (χ1) is 7.98. The fourth-order valence-corrected chi connectivity index (χ4v) is 2.29. The van der Waals surface area contributed by atoms with E-state index in [9.17, 15) is 8.42 Å². The molecular formula is C11H13BrO4S. The Morgan fingerprint density at radius 3 is 2.71 bits per heavy atom. The summed E-state index contributed by atoms with van der Waals surface area (Å²) in [7, 11) is -2.09. The first-order valence-corrected chi connectivity index (χ1v) is 7.16. The van der Waals surface area contributed by atoms with Gasteiger partial charge in [-0.2, -0.15) is 8.42 Å². The molecule has 0 fully saturated rings. The van der Waals surface area contributed by atoms with Crippen LogP contribution in [0.4, 0.5) is 0 Å². The number of methoxy groups -OCH3 is 1. The standard InChI is InChI=1S/C11H13BrO4S/c1-3-16-17(13,14)7-6-9-8-10(12)4-5-11(9)15-2/h4-8H,3H2,1-2H3/b7-6+. The van der Waals surface area contributed by atoms with Gasteiger partial charge in [0.15, 0.2) is 0 Å². The Balaban J connectivity index is 3.02. The molecule has 94 valence electrons. The lowest BCUT2D eigenvalue weighted by Crippen LogP contribution is -2.00. The maximum absolute atomic E-state index is 11.3. The summed E-state index contributed by atoms with van der Waals surface area (Å²) in [6.07, 6.45) is 1.44. The average molecular weight is 321 g/mol. The third-order valence-corrected chi connectivity index (χ3v) is 3.42. The number of ether oxygens (including phenoxy) is 1. The zero-order chi connectivity index (χ0) is 12.9. The number of halogens is 1. The van der Waals surface area contributed by atoms with Crippen LogP contribution >= 0.6 is 15.9 Å². The highest BCUT2D eigenvalue weighted by Crippen LogP contribution is 2.24. The fourth-order valence-electron chi connectivity index (χ4n) is 1.20. The summed E-state index contributed by atoms with van der Waals surface area (Å²) in [5, 5.41) is 1.01. The summed E-state index contributed by atoms with van der Waals surface area (Å²) in [6, 6.07) is 5.32. The number of hydrogen-bond acceptors (Lipinski definition) is 4. The van der Waals surface area contributed by atoms with E-state index >= 15 is 0 Å². The van der Waals surface area contributed by atoms with Crippen molar-refractivity contribution in [2.45, 2.75) is 6.92 Å². The van der Waals surface area contributed by atoms with Gasteiger partial charge in [0.2, 0.25) is 0 Å². The molecule has 0 unspecified atom stereocenters. The van der Waals surface area contributed by atoms with Crippen molar-refractivity contribution in [3.8, 4) is 5.75 Å². The van der Waals surface area contributed by atoms with Crippen LogP contribution in [0.15, 0.2) is 28.1 Å². The molecule has 1 aromatic rings. The highest BCUT2D eigenvalue weighted by Gasteiger charge is 2.06. The van der Waals surface area contributed by atoms with E-state index in [-0.39, 0.29) is 6.61 Å². The molecule has 4 nitrogen and oxygen atoms in total. The molecular weight excluding hydrogens is 308 g/mol. The SMILES string of the molecule is CCOS(=O)(=O)/C=C/c1cc(Br)ccc1OC. The molecule has 0 radical (unpaired) electrons. The van der Waals surface area contributed by atoms with Crippen LogP contribution < -0.4 is 4.74 Å². The third-order valence-electron chi connectivity index (χ3n) is 1.89. The van der Waals surface area contributed by atoms with Crippen molar-refractivity contribution in [1.82, 2.24) is 0 Å². The van der Waals surface area contributed by atoms with Crippen LogP contribution in [0.3, 0.4) is 0 Å². The molecule has 0 saturated heterocycles. The van der Waals surface area contributed by atoms with E-state index in [0.29, 0.717) is 11.3 Å². The van der Waals surface area contributed by atoms with Crippen molar-refractivity contribution in [2.75, 3.05) is 13.7 Å². The lowest BCUT2D eigenvalue weighted by atomic mass is 10.2. The molecule has 0 spiro atoms. The van der Waals surface area contributed by atoms with Crippen LogP contribution in [0.5, 0.6) is 5.75 Å². The minimum atomic E-state index is -3.62. The van der Waals surface area contributed by atoms with E-state index in [2.05, 4.69) is 20.1 Å². The highest BCUT2D eigenvalue weighted by atomic mass is 79.9. The van der Waals surface area contributed by atoms with Crippen LogP contribution in [-0.4, -0.2) is 22.1 Å². The van der Waals surface area contributed by atoms with Crippen molar-refractivity contribution in [3.05, 3.63) is 33.6 Å². The minimum absolute atomic E-state index is 0.113. The smallest absolute Gasteiger partial charge is 0.290 e. The van der Waals surface area contributed by atoms with E-state index in [1.807, 2.05) is 6.07 Å². The van der Waals surface area contributed by atoms with Gasteiger partial charge in [-0.05, 0) is 31.2 Å². The zero-order valence-corrected chi connectivity index (χ0v) is 11.9. The Kier molecular flexibility index (Phi) is 5.17. The molecule has 0 aliphatic carbocycles. The van der Waals surface area contributed by atoms with Gasteiger partial charge in [-0.15, -0.1) is 0 Å². The molecule has 6 heteroatoms. The van der Waals surface area contributed by atoms with Crippen molar-refractivity contribution in [1.29, 1.82) is 0 Å². The topological polar surface area (TPSA) is 52.6 Å². The second kappa shape index (κ2) is 6.18. The Morgan fingerprint density at radius 2 is 2.12 bits per heavy atom. The normalized spacial score (nSPS) is 11.9. The van der Waals surface area contributed by atoms with Gasteiger partial charge in [-0.3, -0.25) is 4.18 Å². The fraction of sp³-hybridized carbons (Fsp3) is 0.273. The second-order valence-electron chi connectivity index (χ2n) is 3.09. The predicted octanol–water partition coefficient (Wildman–Crippen LogP) is 2.79.